The van der Waals surface area contributed by atoms with E-state index in [9.17, 15) is 14.7 Å². The third-order valence-electron chi connectivity index (χ3n) is 3.32. The average molecular weight is 291 g/mol. The van der Waals surface area contributed by atoms with Crippen LogP contribution in [0.5, 0.6) is 0 Å². The fourth-order valence-corrected chi connectivity index (χ4v) is 2.20. The van der Waals surface area contributed by atoms with Gasteiger partial charge in [0.2, 0.25) is 0 Å². The van der Waals surface area contributed by atoms with E-state index in [4.69, 9.17) is 5.11 Å². The number of carboxylic acid groups (broad SMARTS) is 2. The molecule has 1 atom stereocenters. The van der Waals surface area contributed by atoms with Crippen LogP contribution in [0.15, 0.2) is 30.5 Å². The summed E-state index contributed by atoms with van der Waals surface area (Å²) in [7, 11) is 1.52. The first-order valence-electron chi connectivity index (χ1n) is 6.45. The van der Waals surface area contributed by atoms with E-state index in [1.165, 1.54) is 12.1 Å². The molecule has 0 saturated carbocycles. The predicted molar refractivity (Wildman–Crippen MR) is 76.8 cm³/mol. The zero-order valence-corrected chi connectivity index (χ0v) is 11.5. The molecule has 0 aliphatic rings. The van der Waals surface area contributed by atoms with Crippen molar-refractivity contribution in [3.63, 3.8) is 0 Å². The first-order chi connectivity index (χ1) is 9.99. The third-order valence-corrected chi connectivity index (χ3v) is 3.32. The second kappa shape index (κ2) is 6.38. The molecule has 0 spiro atoms. The van der Waals surface area contributed by atoms with Gasteiger partial charge in [0.15, 0.2) is 0 Å². The van der Waals surface area contributed by atoms with E-state index in [2.05, 4.69) is 10.4 Å². The van der Waals surface area contributed by atoms with E-state index >= 15 is 0 Å². The Labute approximate surface area is 121 Å². The first-order valence-corrected chi connectivity index (χ1v) is 6.45. The molecule has 112 valence electrons. The Balaban J connectivity index is 2.16. The van der Waals surface area contributed by atoms with Gasteiger partial charge >= 0.3 is 11.9 Å². The van der Waals surface area contributed by atoms with Crippen molar-refractivity contribution in [1.29, 1.82) is 0 Å². The largest absolute Gasteiger partial charge is 0.480 e. The van der Waals surface area contributed by atoms with E-state index in [1.807, 2.05) is 24.3 Å². The highest BCUT2D eigenvalue weighted by Gasteiger charge is 2.24. The lowest BCUT2D eigenvalue weighted by atomic mass is 10.0. The number of carbonyl (C=O) groups is 2. The minimum absolute atomic E-state index is 0.266. The van der Waals surface area contributed by atoms with Crippen molar-refractivity contribution in [2.24, 2.45) is 0 Å². The number of hydrogen-bond acceptors (Lipinski definition) is 4. The quantitative estimate of drug-likeness (QED) is 0.559. The van der Waals surface area contributed by atoms with E-state index in [0.29, 0.717) is 0 Å². The standard InChI is InChI=1S/C14H17N3O4/c1-17(16-8-13(18)19)12(14(20)21)6-9-7-15-11-5-3-2-4-10(9)11/h2-5,7,12,15-16H,6,8H2,1H3,(H,18,19)(H,20,21)/t12-/m1/s1. The lowest BCUT2D eigenvalue weighted by molar-refractivity contribution is -0.146. The zero-order chi connectivity index (χ0) is 15.4. The molecule has 1 aromatic heterocycles. The molecule has 1 heterocycles. The molecule has 7 heteroatoms. The fourth-order valence-electron chi connectivity index (χ4n) is 2.20. The highest BCUT2D eigenvalue weighted by atomic mass is 16.4. The maximum atomic E-state index is 11.4. The van der Waals surface area contributed by atoms with Crippen LogP contribution in [0, 0.1) is 0 Å². The maximum absolute atomic E-state index is 11.4. The minimum Gasteiger partial charge on any atom is -0.480 e. The molecule has 0 bridgehead atoms. The molecule has 2 aromatic rings. The molecule has 2 rings (SSSR count). The summed E-state index contributed by atoms with van der Waals surface area (Å²) in [6.07, 6.45) is 2.05. The second-order valence-corrected chi connectivity index (χ2v) is 4.76. The molecular formula is C14H17N3O4. The number of para-hydroxylation sites is 1. The Morgan fingerprint density at radius 1 is 1.33 bits per heavy atom. The third kappa shape index (κ3) is 3.59. The normalized spacial score (nSPS) is 12.7. The van der Waals surface area contributed by atoms with Crippen LogP contribution in [0.4, 0.5) is 0 Å². The Morgan fingerprint density at radius 3 is 2.71 bits per heavy atom. The number of hydrogen-bond donors (Lipinski definition) is 4. The molecule has 7 nitrogen and oxygen atoms in total. The summed E-state index contributed by atoms with van der Waals surface area (Å²) in [6, 6.07) is 6.77. The number of hydrazine groups is 1. The molecule has 0 amide bonds. The van der Waals surface area contributed by atoms with Crippen molar-refractivity contribution < 1.29 is 19.8 Å². The number of aliphatic carboxylic acids is 2. The maximum Gasteiger partial charge on any atom is 0.322 e. The lowest BCUT2D eigenvalue weighted by Crippen LogP contribution is -2.49. The van der Waals surface area contributed by atoms with Gasteiger partial charge in [0.1, 0.15) is 12.6 Å². The van der Waals surface area contributed by atoms with Gasteiger partial charge in [0.05, 0.1) is 0 Å². The van der Waals surface area contributed by atoms with Gasteiger partial charge in [-0.15, -0.1) is 0 Å². The van der Waals surface area contributed by atoms with E-state index in [0.717, 1.165) is 16.5 Å². The topological polar surface area (TPSA) is 106 Å². The van der Waals surface area contributed by atoms with Crippen LogP contribution < -0.4 is 5.43 Å². The number of H-pyrrole nitrogens is 1. The predicted octanol–water partition coefficient (Wildman–Crippen LogP) is 0.685. The number of aromatic amines is 1. The van der Waals surface area contributed by atoms with Crippen LogP contribution in [0.25, 0.3) is 10.9 Å². The minimum atomic E-state index is -1.04. The van der Waals surface area contributed by atoms with Crippen molar-refractivity contribution in [3.05, 3.63) is 36.0 Å². The van der Waals surface area contributed by atoms with Crippen LogP contribution in [0.1, 0.15) is 5.56 Å². The van der Waals surface area contributed by atoms with Crippen molar-refractivity contribution in [3.8, 4) is 0 Å². The summed E-state index contributed by atoms with van der Waals surface area (Å²) in [5, 5.41) is 20.3. The number of rotatable bonds is 7. The Hall–Kier alpha value is -2.38. The molecule has 21 heavy (non-hydrogen) atoms. The number of nitrogens with one attached hydrogen (secondary N) is 2. The molecule has 0 saturated heterocycles. The van der Waals surface area contributed by atoms with Gasteiger partial charge < -0.3 is 15.2 Å². The number of fused-ring (bicyclic) bond motifs is 1. The summed E-state index contributed by atoms with van der Waals surface area (Å²) in [5.74, 6) is -2.06. The average Bonchev–Trinajstić information content (AvgIpc) is 2.85. The summed E-state index contributed by atoms with van der Waals surface area (Å²) in [6.45, 7) is -0.325. The molecule has 1 aromatic carbocycles. The monoisotopic (exact) mass is 291 g/mol. The van der Waals surface area contributed by atoms with Gasteiger partial charge in [-0.2, -0.15) is 0 Å². The van der Waals surface area contributed by atoms with Gasteiger partial charge in [-0.3, -0.25) is 9.59 Å². The number of aromatic nitrogens is 1. The second-order valence-electron chi connectivity index (χ2n) is 4.76. The number of benzene rings is 1. The Bertz CT molecular complexity index is 652. The fraction of sp³-hybridized carbons (Fsp3) is 0.286. The SMILES string of the molecule is CN(NCC(=O)O)[C@H](Cc1c[nH]c2ccccc12)C(=O)O. The summed E-state index contributed by atoms with van der Waals surface area (Å²) >= 11 is 0. The van der Waals surface area contributed by atoms with Crippen molar-refractivity contribution in [2.45, 2.75) is 12.5 Å². The van der Waals surface area contributed by atoms with Crippen LogP contribution in [0.2, 0.25) is 0 Å². The molecule has 0 aliphatic heterocycles. The lowest BCUT2D eigenvalue weighted by Gasteiger charge is -2.24. The van der Waals surface area contributed by atoms with Gasteiger partial charge in [0, 0.05) is 30.6 Å². The molecule has 0 radical (unpaired) electrons. The number of likely N-dealkylation sites (N-methyl/N-ethyl adjacent to an activating group) is 1. The van der Waals surface area contributed by atoms with Gasteiger partial charge in [0.25, 0.3) is 0 Å². The molecule has 0 aliphatic carbocycles. The van der Waals surface area contributed by atoms with Crippen molar-refractivity contribution in [1.82, 2.24) is 15.4 Å². The van der Waals surface area contributed by atoms with Crippen LogP contribution in [-0.2, 0) is 16.0 Å². The van der Waals surface area contributed by atoms with Crippen molar-refractivity contribution >= 4 is 22.8 Å². The smallest absolute Gasteiger partial charge is 0.322 e. The van der Waals surface area contributed by atoms with Crippen LogP contribution in [0.3, 0.4) is 0 Å². The molecular weight excluding hydrogens is 274 g/mol. The van der Waals surface area contributed by atoms with Gasteiger partial charge in [-0.05, 0) is 11.6 Å². The van der Waals surface area contributed by atoms with E-state index < -0.39 is 18.0 Å². The molecule has 0 fully saturated rings. The first kappa shape index (κ1) is 15.0. The zero-order valence-electron chi connectivity index (χ0n) is 11.5. The summed E-state index contributed by atoms with van der Waals surface area (Å²) in [5.41, 5.74) is 4.39. The van der Waals surface area contributed by atoms with Crippen molar-refractivity contribution in [2.75, 3.05) is 13.6 Å². The molecule has 0 unspecified atom stereocenters. The Morgan fingerprint density at radius 2 is 2.05 bits per heavy atom. The van der Waals surface area contributed by atoms with Crippen LogP contribution >= 0.6 is 0 Å². The summed E-state index contributed by atoms with van der Waals surface area (Å²) < 4.78 is 0. The number of carboxylic acids is 2. The summed E-state index contributed by atoms with van der Waals surface area (Å²) in [4.78, 5) is 25.1. The van der Waals surface area contributed by atoms with E-state index in [1.54, 1.807) is 6.20 Å². The van der Waals surface area contributed by atoms with Gasteiger partial charge in [-0.1, -0.05) is 18.2 Å². The highest BCUT2D eigenvalue weighted by molar-refractivity contribution is 5.84. The van der Waals surface area contributed by atoms with E-state index in [-0.39, 0.29) is 13.0 Å². The highest BCUT2D eigenvalue weighted by Crippen LogP contribution is 2.20. The Kier molecular flexibility index (Phi) is 4.56. The van der Waals surface area contributed by atoms with Gasteiger partial charge in [-0.25, -0.2) is 10.4 Å². The van der Waals surface area contributed by atoms with Crippen LogP contribution in [-0.4, -0.2) is 51.8 Å². The number of nitrogens with zero attached hydrogens (tertiary/aromatic N) is 1. The molecule has 4 N–H and O–H groups in total.